The van der Waals surface area contributed by atoms with Gasteiger partial charge in [-0.3, -0.25) is 4.79 Å². The topological polar surface area (TPSA) is 43.1 Å². The molecular formula is C18H17NO. The van der Waals surface area contributed by atoms with Gasteiger partial charge >= 0.3 is 0 Å². The molecule has 20 heavy (non-hydrogen) atoms. The Morgan fingerprint density at radius 3 is 2.00 bits per heavy atom. The van der Waals surface area contributed by atoms with Crippen LogP contribution in [-0.2, 0) is 0 Å². The minimum Gasteiger partial charge on any atom is -0.366 e. The fraction of sp³-hybridized carbons (Fsp3) is 0.0556. The first-order chi connectivity index (χ1) is 9.68. The summed E-state index contributed by atoms with van der Waals surface area (Å²) in [5.74, 6) is -0.379. The minimum absolute atomic E-state index is 0.379. The summed E-state index contributed by atoms with van der Waals surface area (Å²) in [5, 5.41) is 2.68. The van der Waals surface area contributed by atoms with E-state index in [-0.39, 0.29) is 5.91 Å². The first-order valence-electron chi connectivity index (χ1n) is 6.47. The van der Waals surface area contributed by atoms with Crippen molar-refractivity contribution >= 4 is 16.7 Å². The summed E-state index contributed by atoms with van der Waals surface area (Å²) in [7, 11) is 0. The van der Waals surface area contributed by atoms with Gasteiger partial charge in [0, 0.05) is 5.56 Å². The highest BCUT2D eigenvalue weighted by molar-refractivity contribution is 5.92. The number of benzene rings is 3. The zero-order valence-corrected chi connectivity index (χ0v) is 11.4. The van der Waals surface area contributed by atoms with Gasteiger partial charge < -0.3 is 5.73 Å². The molecule has 0 heterocycles. The van der Waals surface area contributed by atoms with Gasteiger partial charge in [0.15, 0.2) is 0 Å². The molecule has 2 N–H and O–H groups in total. The molecule has 0 atom stereocenters. The van der Waals surface area contributed by atoms with Crippen molar-refractivity contribution in [3.63, 3.8) is 0 Å². The van der Waals surface area contributed by atoms with E-state index in [9.17, 15) is 4.79 Å². The molecule has 0 aliphatic heterocycles. The SMILES string of the molecule is Cc1cccc2ccccc12.NC(=O)c1ccccc1. The fourth-order valence-electron chi connectivity index (χ4n) is 1.99. The number of rotatable bonds is 1. The van der Waals surface area contributed by atoms with Crippen LogP contribution in [0.5, 0.6) is 0 Å². The molecule has 1 amide bonds. The zero-order valence-electron chi connectivity index (χ0n) is 11.4. The summed E-state index contributed by atoms with van der Waals surface area (Å²) in [5.41, 5.74) is 6.88. The van der Waals surface area contributed by atoms with Gasteiger partial charge in [-0.15, -0.1) is 0 Å². The van der Waals surface area contributed by atoms with Gasteiger partial charge in [0.1, 0.15) is 0 Å². The van der Waals surface area contributed by atoms with Crippen LogP contribution in [-0.4, -0.2) is 5.91 Å². The van der Waals surface area contributed by atoms with Crippen molar-refractivity contribution in [2.45, 2.75) is 6.92 Å². The van der Waals surface area contributed by atoms with Gasteiger partial charge in [0.05, 0.1) is 0 Å². The Bertz CT molecular complexity index is 699. The third-order valence-corrected chi connectivity index (χ3v) is 3.07. The summed E-state index contributed by atoms with van der Waals surface area (Å²) < 4.78 is 0. The smallest absolute Gasteiger partial charge is 0.248 e. The lowest BCUT2D eigenvalue weighted by molar-refractivity contribution is 0.100. The molecule has 2 heteroatoms. The maximum Gasteiger partial charge on any atom is 0.248 e. The highest BCUT2D eigenvalue weighted by Gasteiger charge is 1.94. The maximum atomic E-state index is 10.4. The van der Waals surface area contributed by atoms with E-state index >= 15 is 0 Å². The van der Waals surface area contributed by atoms with Gasteiger partial charge in [-0.25, -0.2) is 0 Å². The Labute approximate surface area is 118 Å². The molecule has 3 rings (SSSR count). The molecule has 0 saturated carbocycles. The minimum atomic E-state index is -0.379. The number of amides is 1. The number of nitrogens with two attached hydrogens (primary N) is 1. The molecule has 0 saturated heterocycles. The van der Waals surface area contributed by atoms with E-state index in [0.29, 0.717) is 5.56 Å². The summed E-state index contributed by atoms with van der Waals surface area (Å²) in [4.78, 5) is 10.4. The number of hydrogen-bond donors (Lipinski definition) is 1. The van der Waals surface area contributed by atoms with Crippen molar-refractivity contribution in [3.05, 3.63) is 83.9 Å². The number of aryl methyl sites for hydroxylation is 1. The third-order valence-electron chi connectivity index (χ3n) is 3.07. The molecule has 3 aromatic rings. The Morgan fingerprint density at radius 2 is 1.40 bits per heavy atom. The fourth-order valence-corrected chi connectivity index (χ4v) is 1.99. The molecular weight excluding hydrogens is 246 g/mol. The Balaban J connectivity index is 0.000000151. The van der Waals surface area contributed by atoms with Crippen LogP contribution in [0.3, 0.4) is 0 Å². The number of carbonyl (C=O) groups excluding carboxylic acids is 1. The van der Waals surface area contributed by atoms with E-state index in [4.69, 9.17) is 5.73 Å². The van der Waals surface area contributed by atoms with Crippen LogP contribution in [0.2, 0.25) is 0 Å². The van der Waals surface area contributed by atoms with Crippen molar-refractivity contribution in [2.24, 2.45) is 5.73 Å². The number of fused-ring (bicyclic) bond motifs is 1. The van der Waals surface area contributed by atoms with Crippen LogP contribution in [0, 0.1) is 6.92 Å². The number of primary amides is 1. The predicted molar refractivity (Wildman–Crippen MR) is 83.6 cm³/mol. The van der Waals surface area contributed by atoms with Crippen molar-refractivity contribution in [1.29, 1.82) is 0 Å². The largest absolute Gasteiger partial charge is 0.366 e. The van der Waals surface area contributed by atoms with Crippen LogP contribution < -0.4 is 5.73 Å². The van der Waals surface area contributed by atoms with E-state index < -0.39 is 0 Å². The van der Waals surface area contributed by atoms with E-state index in [2.05, 4.69) is 49.4 Å². The lowest BCUT2D eigenvalue weighted by Gasteiger charge is -1.98. The first-order valence-corrected chi connectivity index (χ1v) is 6.47. The van der Waals surface area contributed by atoms with Crippen molar-refractivity contribution < 1.29 is 4.79 Å². The predicted octanol–water partition coefficient (Wildman–Crippen LogP) is 3.93. The molecule has 0 aliphatic rings. The van der Waals surface area contributed by atoms with Crippen LogP contribution in [0.25, 0.3) is 10.8 Å². The lowest BCUT2D eigenvalue weighted by Crippen LogP contribution is -2.09. The van der Waals surface area contributed by atoms with Gasteiger partial charge in [0.25, 0.3) is 0 Å². The van der Waals surface area contributed by atoms with Crippen molar-refractivity contribution in [3.8, 4) is 0 Å². The number of hydrogen-bond acceptors (Lipinski definition) is 1. The normalized spacial score (nSPS) is 9.65. The Hall–Kier alpha value is -2.61. The van der Waals surface area contributed by atoms with Crippen LogP contribution in [0.4, 0.5) is 0 Å². The summed E-state index contributed by atoms with van der Waals surface area (Å²) in [6.07, 6.45) is 0. The second-order valence-corrected chi connectivity index (χ2v) is 4.53. The molecule has 0 fully saturated rings. The maximum absolute atomic E-state index is 10.4. The molecule has 0 radical (unpaired) electrons. The summed E-state index contributed by atoms with van der Waals surface area (Å²) in [6.45, 7) is 2.14. The van der Waals surface area contributed by atoms with Crippen LogP contribution in [0.15, 0.2) is 72.8 Å². The van der Waals surface area contributed by atoms with E-state index in [1.165, 1.54) is 16.3 Å². The van der Waals surface area contributed by atoms with Crippen LogP contribution in [0.1, 0.15) is 15.9 Å². The molecule has 3 aromatic carbocycles. The molecule has 2 nitrogen and oxygen atoms in total. The second-order valence-electron chi connectivity index (χ2n) is 4.53. The van der Waals surface area contributed by atoms with Crippen molar-refractivity contribution in [2.75, 3.05) is 0 Å². The Morgan fingerprint density at radius 1 is 0.800 bits per heavy atom. The standard InChI is InChI=1S/C11H10.C7H7NO/c1-9-5-4-7-10-6-2-3-8-11(9)10;8-7(9)6-4-2-1-3-5-6/h2-8H,1H3;1-5H,(H2,8,9). The highest BCUT2D eigenvalue weighted by Crippen LogP contribution is 2.16. The molecule has 0 spiro atoms. The zero-order chi connectivity index (χ0) is 14.4. The highest BCUT2D eigenvalue weighted by atomic mass is 16.1. The van der Waals surface area contributed by atoms with Gasteiger partial charge in [-0.1, -0.05) is 60.7 Å². The molecule has 100 valence electrons. The molecule has 0 unspecified atom stereocenters. The van der Waals surface area contributed by atoms with E-state index in [1.54, 1.807) is 24.3 Å². The average Bonchev–Trinajstić information content (AvgIpc) is 2.49. The average molecular weight is 263 g/mol. The third kappa shape index (κ3) is 3.45. The van der Waals surface area contributed by atoms with E-state index in [1.807, 2.05) is 6.07 Å². The number of carbonyl (C=O) groups is 1. The lowest BCUT2D eigenvalue weighted by atomic mass is 10.1. The Kier molecular flexibility index (Phi) is 4.51. The molecule has 0 aromatic heterocycles. The first kappa shape index (κ1) is 13.8. The van der Waals surface area contributed by atoms with Crippen molar-refractivity contribution in [1.82, 2.24) is 0 Å². The van der Waals surface area contributed by atoms with Gasteiger partial charge in [-0.05, 0) is 35.4 Å². The van der Waals surface area contributed by atoms with E-state index in [0.717, 1.165) is 0 Å². The monoisotopic (exact) mass is 263 g/mol. The van der Waals surface area contributed by atoms with Crippen LogP contribution >= 0.6 is 0 Å². The second kappa shape index (κ2) is 6.53. The summed E-state index contributed by atoms with van der Waals surface area (Å²) in [6, 6.07) is 23.6. The molecule has 0 aliphatic carbocycles. The van der Waals surface area contributed by atoms with Gasteiger partial charge in [-0.2, -0.15) is 0 Å². The quantitative estimate of drug-likeness (QED) is 0.710. The summed E-state index contributed by atoms with van der Waals surface area (Å²) >= 11 is 0. The van der Waals surface area contributed by atoms with Gasteiger partial charge in [0.2, 0.25) is 5.91 Å². The molecule has 0 bridgehead atoms.